The molecule has 29 heavy (non-hydrogen) atoms. The Morgan fingerprint density at radius 3 is 2.59 bits per heavy atom. The Balaban J connectivity index is 1.74. The second kappa shape index (κ2) is 9.29. The largest absolute Gasteiger partial charge is 0.324 e. The Bertz CT molecular complexity index is 1070. The summed E-state index contributed by atoms with van der Waals surface area (Å²) < 4.78 is 2.10. The molecule has 0 spiro atoms. The molecule has 0 fully saturated rings. The standard InChI is InChI=1S/C21H23N5O2S/c1-3-8-18-24-25-21(29)26(18)13-19(27)23-17-12-7-11-16(14(17)2)20(28)22-15-9-5-4-6-10-15/h4-7,9-12H,3,8,13H2,1-2H3,(H,22,28)(H,23,27)(H,25,29). The first-order valence-corrected chi connectivity index (χ1v) is 9.80. The minimum atomic E-state index is -0.233. The van der Waals surface area contributed by atoms with Gasteiger partial charge in [-0.1, -0.05) is 31.2 Å². The monoisotopic (exact) mass is 409 g/mol. The molecule has 0 unspecified atom stereocenters. The third kappa shape index (κ3) is 4.97. The summed E-state index contributed by atoms with van der Waals surface area (Å²) in [5, 5.41) is 12.6. The van der Waals surface area contributed by atoms with Crippen molar-refractivity contribution in [3.63, 3.8) is 0 Å². The van der Waals surface area contributed by atoms with Crippen LogP contribution in [0.4, 0.5) is 11.4 Å². The van der Waals surface area contributed by atoms with E-state index in [2.05, 4.69) is 20.8 Å². The number of aryl methyl sites for hydroxylation is 1. The van der Waals surface area contributed by atoms with Crippen LogP contribution in [0.15, 0.2) is 48.5 Å². The summed E-state index contributed by atoms with van der Waals surface area (Å²) >= 11 is 5.22. The van der Waals surface area contributed by atoms with Crippen LogP contribution in [0, 0.1) is 11.7 Å². The number of anilines is 2. The van der Waals surface area contributed by atoms with Gasteiger partial charge in [-0.3, -0.25) is 19.3 Å². The Labute approximate surface area is 174 Å². The van der Waals surface area contributed by atoms with Gasteiger partial charge in [0.25, 0.3) is 5.91 Å². The number of para-hydroxylation sites is 1. The highest BCUT2D eigenvalue weighted by Crippen LogP contribution is 2.20. The van der Waals surface area contributed by atoms with Crippen LogP contribution in [-0.4, -0.2) is 26.6 Å². The lowest BCUT2D eigenvalue weighted by molar-refractivity contribution is -0.116. The topological polar surface area (TPSA) is 91.8 Å². The van der Waals surface area contributed by atoms with Crippen LogP contribution in [-0.2, 0) is 17.8 Å². The third-order valence-electron chi connectivity index (χ3n) is 4.50. The fraction of sp³-hybridized carbons (Fsp3) is 0.238. The molecule has 0 aliphatic carbocycles. The van der Waals surface area contributed by atoms with Gasteiger partial charge in [0.05, 0.1) is 0 Å². The third-order valence-corrected chi connectivity index (χ3v) is 4.81. The number of benzene rings is 2. The first-order chi connectivity index (χ1) is 14.0. The highest BCUT2D eigenvalue weighted by Gasteiger charge is 2.15. The summed E-state index contributed by atoms with van der Waals surface area (Å²) in [7, 11) is 0. The number of amides is 2. The van der Waals surface area contributed by atoms with E-state index in [9.17, 15) is 9.59 Å². The van der Waals surface area contributed by atoms with Gasteiger partial charge in [-0.2, -0.15) is 5.10 Å². The number of carbonyl (C=O) groups is 2. The zero-order valence-corrected chi connectivity index (χ0v) is 17.2. The molecule has 3 aromatic rings. The lowest BCUT2D eigenvalue weighted by atomic mass is 10.1. The maximum absolute atomic E-state index is 12.6. The highest BCUT2D eigenvalue weighted by molar-refractivity contribution is 7.71. The summed E-state index contributed by atoms with van der Waals surface area (Å²) in [5.41, 5.74) is 2.49. The van der Waals surface area contributed by atoms with E-state index in [1.54, 1.807) is 22.8 Å². The molecule has 1 heterocycles. The average Bonchev–Trinajstić information content (AvgIpc) is 3.04. The van der Waals surface area contributed by atoms with Crippen LogP contribution < -0.4 is 10.6 Å². The van der Waals surface area contributed by atoms with E-state index in [1.165, 1.54) is 0 Å². The zero-order valence-electron chi connectivity index (χ0n) is 16.4. The van der Waals surface area contributed by atoms with Crippen molar-refractivity contribution >= 4 is 35.4 Å². The van der Waals surface area contributed by atoms with Gasteiger partial charge >= 0.3 is 0 Å². The molecule has 8 heteroatoms. The molecule has 7 nitrogen and oxygen atoms in total. The van der Waals surface area contributed by atoms with Crippen molar-refractivity contribution in [1.82, 2.24) is 14.8 Å². The zero-order chi connectivity index (χ0) is 20.8. The number of aromatic amines is 1. The van der Waals surface area contributed by atoms with Gasteiger partial charge in [0.15, 0.2) is 4.77 Å². The van der Waals surface area contributed by atoms with Crippen molar-refractivity contribution in [2.24, 2.45) is 0 Å². The molecule has 0 aliphatic rings. The van der Waals surface area contributed by atoms with Crippen molar-refractivity contribution in [2.75, 3.05) is 10.6 Å². The van der Waals surface area contributed by atoms with Gasteiger partial charge in [-0.15, -0.1) is 0 Å². The van der Waals surface area contributed by atoms with Crippen molar-refractivity contribution in [3.05, 3.63) is 70.3 Å². The van der Waals surface area contributed by atoms with E-state index >= 15 is 0 Å². The lowest BCUT2D eigenvalue weighted by Gasteiger charge is -2.13. The molecular formula is C21H23N5O2S. The van der Waals surface area contributed by atoms with Gasteiger partial charge in [-0.25, -0.2) is 0 Å². The van der Waals surface area contributed by atoms with Crippen molar-refractivity contribution < 1.29 is 9.59 Å². The summed E-state index contributed by atoms with van der Waals surface area (Å²) in [5.74, 6) is 0.288. The van der Waals surface area contributed by atoms with Gasteiger partial charge in [0.1, 0.15) is 12.4 Å². The van der Waals surface area contributed by atoms with Crippen molar-refractivity contribution in [3.8, 4) is 0 Å². The lowest BCUT2D eigenvalue weighted by Crippen LogP contribution is -2.21. The Morgan fingerprint density at radius 1 is 1.10 bits per heavy atom. The quantitative estimate of drug-likeness (QED) is 0.513. The molecule has 0 radical (unpaired) electrons. The molecule has 0 saturated carbocycles. The minimum absolute atomic E-state index is 0.0601. The molecular weight excluding hydrogens is 386 g/mol. The van der Waals surface area contributed by atoms with Gasteiger partial charge in [-0.05, 0) is 55.4 Å². The van der Waals surface area contributed by atoms with E-state index in [-0.39, 0.29) is 18.4 Å². The Morgan fingerprint density at radius 2 is 1.86 bits per heavy atom. The van der Waals surface area contributed by atoms with E-state index in [0.717, 1.165) is 18.7 Å². The normalized spacial score (nSPS) is 10.6. The van der Waals surface area contributed by atoms with Gasteiger partial charge in [0, 0.05) is 23.4 Å². The first-order valence-electron chi connectivity index (χ1n) is 9.39. The Kier molecular flexibility index (Phi) is 6.56. The van der Waals surface area contributed by atoms with Gasteiger partial charge < -0.3 is 10.6 Å². The van der Waals surface area contributed by atoms with Crippen LogP contribution in [0.5, 0.6) is 0 Å². The number of hydrogen-bond donors (Lipinski definition) is 3. The molecule has 1 aromatic heterocycles. The van der Waals surface area contributed by atoms with Crippen molar-refractivity contribution in [1.29, 1.82) is 0 Å². The van der Waals surface area contributed by atoms with E-state index in [1.807, 2.05) is 44.2 Å². The van der Waals surface area contributed by atoms with Crippen molar-refractivity contribution in [2.45, 2.75) is 33.2 Å². The SMILES string of the molecule is CCCc1n[nH]c(=S)n1CC(=O)Nc1cccc(C(=O)Nc2ccccc2)c1C. The van der Waals surface area contributed by atoms with Crippen LogP contribution in [0.3, 0.4) is 0 Å². The number of aromatic nitrogens is 3. The predicted octanol–water partition coefficient (Wildman–Crippen LogP) is 4.09. The van der Waals surface area contributed by atoms with Crippen LogP contribution in [0.1, 0.15) is 35.1 Å². The summed E-state index contributed by atoms with van der Waals surface area (Å²) in [4.78, 5) is 25.2. The summed E-state index contributed by atoms with van der Waals surface area (Å²) in [6.45, 7) is 3.91. The molecule has 2 amide bonds. The molecule has 0 aliphatic heterocycles. The molecule has 3 rings (SSSR count). The summed E-state index contributed by atoms with van der Waals surface area (Å²) in [6.07, 6.45) is 1.63. The maximum Gasteiger partial charge on any atom is 0.256 e. The molecule has 2 aromatic carbocycles. The van der Waals surface area contributed by atoms with E-state index < -0.39 is 0 Å². The van der Waals surface area contributed by atoms with Gasteiger partial charge in [0.2, 0.25) is 5.91 Å². The fourth-order valence-corrected chi connectivity index (χ4v) is 3.21. The van der Waals surface area contributed by atoms with E-state index in [4.69, 9.17) is 12.2 Å². The molecule has 3 N–H and O–H groups in total. The van der Waals surface area contributed by atoms with Crippen LogP contribution >= 0.6 is 12.2 Å². The Hall–Kier alpha value is -3.26. The predicted molar refractivity (Wildman–Crippen MR) is 116 cm³/mol. The molecule has 150 valence electrons. The summed E-state index contributed by atoms with van der Waals surface area (Å²) in [6, 6.07) is 14.5. The maximum atomic E-state index is 12.6. The number of rotatable bonds is 7. The van der Waals surface area contributed by atoms with E-state index in [0.29, 0.717) is 27.3 Å². The second-order valence-corrected chi connectivity index (χ2v) is 7.01. The van der Waals surface area contributed by atoms with Crippen LogP contribution in [0.25, 0.3) is 0 Å². The number of nitrogens with zero attached hydrogens (tertiary/aromatic N) is 2. The first kappa shape index (κ1) is 20.5. The highest BCUT2D eigenvalue weighted by atomic mass is 32.1. The molecule has 0 saturated heterocycles. The number of nitrogens with one attached hydrogen (secondary N) is 3. The molecule has 0 atom stereocenters. The minimum Gasteiger partial charge on any atom is -0.324 e. The number of H-pyrrole nitrogens is 1. The smallest absolute Gasteiger partial charge is 0.256 e. The average molecular weight is 410 g/mol. The second-order valence-electron chi connectivity index (χ2n) is 6.63. The number of hydrogen-bond acceptors (Lipinski definition) is 4. The number of carbonyl (C=O) groups excluding carboxylic acids is 2. The van der Waals surface area contributed by atoms with Crippen LogP contribution in [0.2, 0.25) is 0 Å². The fourth-order valence-electron chi connectivity index (χ4n) is 3.00. The molecule has 0 bridgehead atoms.